The van der Waals surface area contributed by atoms with E-state index in [2.05, 4.69) is 15.3 Å². The molecule has 1 heterocycles. The van der Waals surface area contributed by atoms with Crippen molar-refractivity contribution in [3.63, 3.8) is 0 Å². The quantitative estimate of drug-likeness (QED) is 0.813. The minimum Gasteiger partial charge on any atom is -0.394 e. The molecule has 0 aromatic carbocycles. The van der Waals surface area contributed by atoms with Crippen LogP contribution >= 0.6 is 11.6 Å². The fraction of sp³-hybridized carbons (Fsp3) is 0.667. The molecule has 1 aromatic rings. The molecule has 0 saturated carbocycles. The maximum atomic E-state index is 9.21. The van der Waals surface area contributed by atoms with E-state index in [0.717, 1.165) is 36.9 Å². The van der Waals surface area contributed by atoms with Crippen LogP contribution in [0.15, 0.2) is 0 Å². The summed E-state index contributed by atoms with van der Waals surface area (Å²) in [6.45, 7) is 3.80. The Morgan fingerprint density at radius 1 is 1.29 bits per heavy atom. The fourth-order valence-corrected chi connectivity index (χ4v) is 2.23. The second-order valence-electron chi connectivity index (χ2n) is 5.14. The van der Waals surface area contributed by atoms with Crippen LogP contribution in [0, 0.1) is 0 Å². The van der Waals surface area contributed by atoms with Crippen LogP contribution < -0.4 is 5.32 Å². The van der Waals surface area contributed by atoms with Gasteiger partial charge >= 0.3 is 0 Å². The summed E-state index contributed by atoms with van der Waals surface area (Å²) >= 11 is 6.17. The van der Waals surface area contributed by atoms with Crippen LogP contribution in [0.5, 0.6) is 0 Å². The van der Waals surface area contributed by atoms with Crippen LogP contribution in [-0.4, -0.2) is 27.2 Å². The number of nitrogens with zero attached hydrogens (tertiary/aromatic N) is 2. The third kappa shape index (κ3) is 2.87. The van der Waals surface area contributed by atoms with Gasteiger partial charge in [-0.05, 0) is 39.5 Å². The highest BCUT2D eigenvalue weighted by Gasteiger charge is 2.21. The molecule has 0 radical (unpaired) electrons. The standard InChI is InChI=1S/C12H18ClN3O/c1-12(2,7-17)16-11-14-9-6-4-3-5-8(9)10(13)15-11/h17H,3-7H2,1-2H3,(H,14,15,16). The van der Waals surface area contributed by atoms with Crippen molar-refractivity contribution in [1.29, 1.82) is 0 Å². The third-order valence-electron chi connectivity index (χ3n) is 2.98. The van der Waals surface area contributed by atoms with Crippen LogP contribution in [0.2, 0.25) is 5.15 Å². The van der Waals surface area contributed by atoms with Crippen molar-refractivity contribution in [1.82, 2.24) is 9.97 Å². The normalized spacial score (nSPS) is 15.5. The lowest BCUT2D eigenvalue weighted by Crippen LogP contribution is -2.36. The molecule has 1 aliphatic carbocycles. The Balaban J connectivity index is 2.28. The number of aliphatic hydroxyl groups is 1. The number of anilines is 1. The molecule has 0 bridgehead atoms. The van der Waals surface area contributed by atoms with Gasteiger partial charge in [0.05, 0.1) is 17.8 Å². The zero-order valence-corrected chi connectivity index (χ0v) is 11.0. The van der Waals surface area contributed by atoms with E-state index in [1.165, 1.54) is 0 Å². The highest BCUT2D eigenvalue weighted by molar-refractivity contribution is 6.30. The number of hydrogen-bond acceptors (Lipinski definition) is 4. The van der Waals surface area contributed by atoms with Crippen LogP contribution in [0.25, 0.3) is 0 Å². The number of fused-ring (bicyclic) bond motifs is 1. The highest BCUT2D eigenvalue weighted by Crippen LogP contribution is 2.27. The molecule has 1 aromatic heterocycles. The summed E-state index contributed by atoms with van der Waals surface area (Å²) in [6.07, 6.45) is 4.25. The first-order valence-electron chi connectivity index (χ1n) is 5.96. The summed E-state index contributed by atoms with van der Waals surface area (Å²) in [7, 11) is 0. The van der Waals surface area contributed by atoms with Gasteiger partial charge in [0.25, 0.3) is 0 Å². The van der Waals surface area contributed by atoms with Crippen LogP contribution in [0.3, 0.4) is 0 Å². The van der Waals surface area contributed by atoms with Crippen LogP contribution in [0.1, 0.15) is 37.9 Å². The van der Waals surface area contributed by atoms with Gasteiger partial charge < -0.3 is 10.4 Å². The Morgan fingerprint density at radius 3 is 2.71 bits per heavy atom. The molecule has 4 nitrogen and oxygen atoms in total. The largest absolute Gasteiger partial charge is 0.394 e. The topological polar surface area (TPSA) is 58.0 Å². The van der Waals surface area contributed by atoms with E-state index < -0.39 is 5.54 Å². The summed E-state index contributed by atoms with van der Waals surface area (Å²) in [6, 6.07) is 0. The number of hydrogen-bond donors (Lipinski definition) is 2. The molecule has 2 rings (SSSR count). The molecule has 17 heavy (non-hydrogen) atoms. The van der Waals surface area contributed by atoms with Gasteiger partial charge in [0.2, 0.25) is 5.95 Å². The highest BCUT2D eigenvalue weighted by atomic mass is 35.5. The van der Waals surface area contributed by atoms with Crippen molar-refractivity contribution in [3.8, 4) is 0 Å². The first-order valence-corrected chi connectivity index (χ1v) is 6.34. The zero-order chi connectivity index (χ0) is 12.5. The van der Waals surface area contributed by atoms with E-state index in [-0.39, 0.29) is 6.61 Å². The Bertz CT molecular complexity index is 420. The molecule has 1 aliphatic rings. The van der Waals surface area contributed by atoms with Gasteiger partial charge in [0.1, 0.15) is 5.15 Å². The zero-order valence-electron chi connectivity index (χ0n) is 10.3. The SMILES string of the molecule is CC(C)(CO)Nc1nc(Cl)c2c(n1)CCCC2. The van der Waals surface area contributed by atoms with Gasteiger partial charge in [-0.15, -0.1) is 0 Å². The molecule has 5 heteroatoms. The minimum absolute atomic E-state index is 0.0189. The number of aryl methyl sites for hydroxylation is 1. The molecule has 0 aliphatic heterocycles. The Labute approximate surface area is 106 Å². The summed E-state index contributed by atoms with van der Waals surface area (Å²) in [4.78, 5) is 8.74. The molecule has 2 N–H and O–H groups in total. The van der Waals surface area contributed by atoms with E-state index >= 15 is 0 Å². The van der Waals surface area contributed by atoms with Gasteiger partial charge in [-0.1, -0.05) is 11.6 Å². The number of aromatic nitrogens is 2. The predicted octanol–water partition coefficient (Wildman–Crippen LogP) is 2.19. The molecule has 0 spiro atoms. The van der Waals surface area contributed by atoms with E-state index in [1.807, 2.05) is 13.8 Å². The Kier molecular flexibility index (Phi) is 3.54. The fourth-order valence-electron chi connectivity index (χ4n) is 1.95. The van der Waals surface area contributed by atoms with Crippen LogP contribution in [-0.2, 0) is 12.8 Å². The van der Waals surface area contributed by atoms with E-state index in [0.29, 0.717) is 11.1 Å². The van der Waals surface area contributed by atoms with Crippen molar-refractivity contribution in [3.05, 3.63) is 16.4 Å². The molecular formula is C12H18ClN3O. The molecule has 0 amide bonds. The van der Waals surface area contributed by atoms with Gasteiger partial charge in [-0.25, -0.2) is 9.97 Å². The van der Waals surface area contributed by atoms with Gasteiger partial charge in [0.15, 0.2) is 0 Å². The lowest BCUT2D eigenvalue weighted by atomic mass is 9.97. The van der Waals surface area contributed by atoms with Crippen molar-refractivity contribution in [2.75, 3.05) is 11.9 Å². The lowest BCUT2D eigenvalue weighted by molar-refractivity contribution is 0.233. The maximum absolute atomic E-state index is 9.21. The summed E-state index contributed by atoms with van der Waals surface area (Å²) in [5.41, 5.74) is 1.70. The lowest BCUT2D eigenvalue weighted by Gasteiger charge is -2.25. The van der Waals surface area contributed by atoms with E-state index in [9.17, 15) is 5.11 Å². The summed E-state index contributed by atoms with van der Waals surface area (Å²) < 4.78 is 0. The number of nitrogens with one attached hydrogen (secondary N) is 1. The number of halogens is 1. The van der Waals surface area contributed by atoms with Crippen molar-refractivity contribution < 1.29 is 5.11 Å². The summed E-state index contributed by atoms with van der Waals surface area (Å²) in [5, 5.41) is 12.9. The van der Waals surface area contributed by atoms with Gasteiger partial charge in [-0.2, -0.15) is 0 Å². The smallest absolute Gasteiger partial charge is 0.224 e. The molecule has 0 fully saturated rings. The number of rotatable bonds is 3. The van der Waals surface area contributed by atoms with Crippen molar-refractivity contribution in [2.45, 2.75) is 45.1 Å². The minimum atomic E-state index is -0.438. The second kappa shape index (κ2) is 4.78. The molecule has 0 atom stereocenters. The summed E-state index contributed by atoms with van der Waals surface area (Å²) in [5.74, 6) is 0.509. The van der Waals surface area contributed by atoms with Crippen molar-refractivity contribution >= 4 is 17.5 Å². The number of aliphatic hydroxyl groups excluding tert-OH is 1. The predicted molar refractivity (Wildman–Crippen MR) is 68.5 cm³/mol. The van der Waals surface area contributed by atoms with E-state index in [1.54, 1.807) is 0 Å². The molecule has 94 valence electrons. The maximum Gasteiger partial charge on any atom is 0.224 e. The first kappa shape index (κ1) is 12.6. The first-order chi connectivity index (χ1) is 8.02. The molecule has 0 saturated heterocycles. The second-order valence-corrected chi connectivity index (χ2v) is 5.50. The monoisotopic (exact) mass is 255 g/mol. The Morgan fingerprint density at radius 2 is 2.00 bits per heavy atom. The van der Waals surface area contributed by atoms with Crippen molar-refractivity contribution in [2.24, 2.45) is 0 Å². The van der Waals surface area contributed by atoms with Gasteiger partial charge in [0, 0.05) is 5.56 Å². The van der Waals surface area contributed by atoms with Gasteiger partial charge in [-0.3, -0.25) is 0 Å². The average Bonchev–Trinajstić information content (AvgIpc) is 2.28. The molecular weight excluding hydrogens is 238 g/mol. The Hall–Kier alpha value is -0.870. The molecule has 0 unspecified atom stereocenters. The van der Waals surface area contributed by atoms with Crippen LogP contribution in [0.4, 0.5) is 5.95 Å². The average molecular weight is 256 g/mol. The third-order valence-corrected chi connectivity index (χ3v) is 3.29. The van der Waals surface area contributed by atoms with E-state index in [4.69, 9.17) is 11.6 Å².